The van der Waals surface area contributed by atoms with Gasteiger partial charge in [-0.1, -0.05) is 12.1 Å². The van der Waals surface area contributed by atoms with Crippen molar-refractivity contribution in [1.29, 1.82) is 0 Å². The number of aromatic nitrogens is 2. The summed E-state index contributed by atoms with van der Waals surface area (Å²) in [6.45, 7) is 3.70. The molecule has 2 aliphatic rings. The Labute approximate surface area is 185 Å². The summed E-state index contributed by atoms with van der Waals surface area (Å²) in [5.41, 5.74) is 4.78. The predicted octanol–water partition coefficient (Wildman–Crippen LogP) is 2.23. The number of carbonyl (C=O) groups is 1. The second-order valence-electron chi connectivity index (χ2n) is 8.49. The van der Waals surface area contributed by atoms with E-state index < -0.39 is 11.9 Å². The van der Waals surface area contributed by atoms with E-state index in [1.807, 2.05) is 4.90 Å². The van der Waals surface area contributed by atoms with E-state index in [1.165, 1.54) is 12.6 Å². The number of fused-ring (bicyclic) bond motifs is 3. The Bertz CT molecular complexity index is 1250. The van der Waals surface area contributed by atoms with Gasteiger partial charge in [-0.15, -0.1) is 0 Å². The summed E-state index contributed by atoms with van der Waals surface area (Å²) in [4.78, 5) is 35.2. The first-order chi connectivity index (χ1) is 15.5. The van der Waals surface area contributed by atoms with Gasteiger partial charge in [0.2, 0.25) is 5.95 Å². The van der Waals surface area contributed by atoms with Crippen molar-refractivity contribution < 1.29 is 9.18 Å². The van der Waals surface area contributed by atoms with E-state index in [0.29, 0.717) is 18.8 Å². The highest BCUT2D eigenvalue weighted by Gasteiger charge is 2.22. The zero-order valence-corrected chi connectivity index (χ0v) is 18.1. The molecule has 1 amide bonds. The van der Waals surface area contributed by atoms with Crippen molar-refractivity contribution in [3.8, 4) is 0 Å². The number of anilines is 1. The molecule has 1 saturated heterocycles. The van der Waals surface area contributed by atoms with Gasteiger partial charge in [0.05, 0.1) is 5.69 Å². The number of nitrogens with one attached hydrogen (secondary N) is 2. The number of piperazine rings is 1. The van der Waals surface area contributed by atoms with Crippen molar-refractivity contribution in [2.24, 2.45) is 0 Å². The molecule has 0 atom stereocenters. The number of hydrogen-bond donors (Lipinski definition) is 2. The van der Waals surface area contributed by atoms with E-state index in [0.717, 1.165) is 60.9 Å². The second-order valence-corrected chi connectivity index (χ2v) is 8.49. The fraction of sp³-hybridized carbons (Fsp3) is 0.375. The lowest BCUT2D eigenvalue weighted by atomic mass is 10.0. The van der Waals surface area contributed by atoms with E-state index in [1.54, 1.807) is 12.1 Å². The zero-order valence-electron chi connectivity index (χ0n) is 18.1. The summed E-state index contributed by atoms with van der Waals surface area (Å²) in [6, 6.07) is 9.54. The first kappa shape index (κ1) is 20.6. The normalized spacial score (nSPS) is 16.4. The second kappa shape index (κ2) is 8.35. The molecule has 3 aromatic rings. The van der Waals surface area contributed by atoms with E-state index >= 15 is 0 Å². The van der Waals surface area contributed by atoms with Gasteiger partial charge in [-0.25, -0.2) is 4.98 Å². The van der Waals surface area contributed by atoms with Gasteiger partial charge in [-0.2, -0.15) is 4.39 Å². The maximum Gasteiger partial charge on any atom is 0.269 e. The maximum atomic E-state index is 14.5. The number of H-pyrrole nitrogens is 1. The lowest BCUT2D eigenvalue weighted by molar-refractivity contribution is 0.0957. The van der Waals surface area contributed by atoms with Gasteiger partial charge in [-0.3, -0.25) is 14.5 Å². The number of nitrogens with zero attached hydrogens (tertiary/aromatic N) is 3. The number of aryl methyl sites for hydroxylation is 1. The summed E-state index contributed by atoms with van der Waals surface area (Å²) in [7, 11) is 1.49. The van der Waals surface area contributed by atoms with E-state index in [2.05, 4.69) is 38.4 Å². The number of amides is 1. The molecular weight excluding hydrogens is 409 g/mol. The summed E-state index contributed by atoms with van der Waals surface area (Å²) >= 11 is 0. The topological polar surface area (TPSA) is 81.3 Å². The summed E-state index contributed by atoms with van der Waals surface area (Å²) in [5, 5.41) is 3.62. The van der Waals surface area contributed by atoms with Crippen LogP contribution in [-0.2, 0) is 19.4 Å². The van der Waals surface area contributed by atoms with Crippen molar-refractivity contribution in [1.82, 2.24) is 20.2 Å². The fourth-order valence-electron chi connectivity index (χ4n) is 4.87. The molecule has 5 rings (SSSR count). The average molecular weight is 436 g/mol. The van der Waals surface area contributed by atoms with Crippen LogP contribution in [0.2, 0.25) is 0 Å². The van der Waals surface area contributed by atoms with Gasteiger partial charge >= 0.3 is 0 Å². The lowest BCUT2D eigenvalue weighted by Crippen LogP contribution is -2.46. The number of benzene rings is 1. The van der Waals surface area contributed by atoms with Crippen LogP contribution in [0, 0.1) is 5.95 Å². The molecule has 0 radical (unpaired) electrons. The molecule has 2 aromatic heterocycles. The highest BCUT2D eigenvalue weighted by Crippen LogP contribution is 2.27. The zero-order chi connectivity index (χ0) is 22.2. The molecule has 0 unspecified atom stereocenters. The van der Waals surface area contributed by atoms with Crippen LogP contribution in [0.3, 0.4) is 0 Å². The highest BCUT2D eigenvalue weighted by molar-refractivity contribution is 5.92. The number of hydrogen-bond acceptors (Lipinski definition) is 5. The molecule has 32 heavy (non-hydrogen) atoms. The Kier molecular flexibility index (Phi) is 5.38. The minimum atomic E-state index is -0.620. The summed E-state index contributed by atoms with van der Waals surface area (Å²) in [5.74, 6) is -1.02. The highest BCUT2D eigenvalue weighted by atomic mass is 19.1. The van der Waals surface area contributed by atoms with E-state index in [-0.39, 0.29) is 11.3 Å². The number of aromatic amines is 1. The van der Waals surface area contributed by atoms with Crippen LogP contribution in [0.5, 0.6) is 0 Å². The van der Waals surface area contributed by atoms with Gasteiger partial charge in [0.1, 0.15) is 5.69 Å². The van der Waals surface area contributed by atoms with Crippen LogP contribution >= 0.6 is 0 Å². The molecule has 3 heterocycles. The number of pyridine rings is 2. The third kappa shape index (κ3) is 3.75. The molecule has 0 saturated carbocycles. The van der Waals surface area contributed by atoms with Gasteiger partial charge in [0, 0.05) is 56.2 Å². The van der Waals surface area contributed by atoms with Gasteiger partial charge < -0.3 is 15.2 Å². The Hall–Kier alpha value is -3.26. The van der Waals surface area contributed by atoms with Crippen LogP contribution in [0.1, 0.15) is 33.6 Å². The molecule has 0 spiro atoms. The van der Waals surface area contributed by atoms with E-state index in [9.17, 15) is 14.0 Å². The van der Waals surface area contributed by atoms with Crippen molar-refractivity contribution in [2.75, 3.05) is 38.1 Å². The van der Waals surface area contributed by atoms with Crippen LogP contribution in [0.15, 0.2) is 35.1 Å². The molecular formula is C24H26FN5O2. The third-order valence-electron chi connectivity index (χ3n) is 6.56. The fourth-order valence-corrected chi connectivity index (χ4v) is 4.87. The first-order valence-electron chi connectivity index (χ1n) is 11.1. The van der Waals surface area contributed by atoms with Crippen molar-refractivity contribution in [3.05, 3.63) is 69.0 Å². The molecule has 0 bridgehead atoms. The molecule has 1 fully saturated rings. The summed E-state index contributed by atoms with van der Waals surface area (Å²) in [6.07, 6.45) is 2.90. The molecule has 7 nitrogen and oxygen atoms in total. The Balaban J connectivity index is 1.26. The van der Waals surface area contributed by atoms with Gasteiger partial charge in [0.25, 0.3) is 11.5 Å². The van der Waals surface area contributed by atoms with Crippen molar-refractivity contribution in [3.63, 3.8) is 0 Å². The molecule has 1 aliphatic carbocycles. The average Bonchev–Trinajstić information content (AvgIpc) is 3.30. The van der Waals surface area contributed by atoms with Crippen molar-refractivity contribution in [2.45, 2.75) is 25.8 Å². The third-order valence-corrected chi connectivity index (χ3v) is 6.56. The molecule has 1 aromatic carbocycles. The maximum absolute atomic E-state index is 14.5. The van der Waals surface area contributed by atoms with Crippen LogP contribution in [-0.4, -0.2) is 54.0 Å². The van der Waals surface area contributed by atoms with Crippen LogP contribution < -0.4 is 15.8 Å². The SMILES string of the molecule is CNC(=O)c1ccc(N2CCN(Cc3ccc4c5c(c(=O)[nH]c4c3)CCC5)CC2)c(F)n1. The van der Waals surface area contributed by atoms with Gasteiger partial charge in [0.15, 0.2) is 0 Å². The minimum absolute atomic E-state index is 0.0498. The Morgan fingerprint density at radius 1 is 1.12 bits per heavy atom. The monoisotopic (exact) mass is 435 g/mol. The molecule has 8 heteroatoms. The predicted molar refractivity (Wildman–Crippen MR) is 122 cm³/mol. The van der Waals surface area contributed by atoms with Crippen LogP contribution in [0.4, 0.5) is 10.1 Å². The molecule has 2 N–H and O–H groups in total. The number of rotatable bonds is 4. The smallest absolute Gasteiger partial charge is 0.269 e. The minimum Gasteiger partial charge on any atom is -0.365 e. The number of halogens is 1. The summed E-state index contributed by atoms with van der Waals surface area (Å²) < 4.78 is 14.5. The molecule has 1 aliphatic heterocycles. The van der Waals surface area contributed by atoms with Crippen LogP contribution in [0.25, 0.3) is 10.9 Å². The standard InChI is InChI=1S/C24H26FN5O2/c1-26-24(32)19-7-8-21(22(25)27-19)30-11-9-29(10-12-30)14-15-5-6-17-16-3-2-4-18(16)23(31)28-20(17)13-15/h5-8,13H,2-4,9-12,14H2,1H3,(H,26,32)(H,28,31). The Morgan fingerprint density at radius 3 is 2.66 bits per heavy atom. The van der Waals surface area contributed by atoms with Gasteiger partial charge in [-0.05, 0) is 48.6 Å². The first-order valence-corrected chi connectivity index (χ1v) is 11.1. The molecule has 166 valence electrons. The van der Waals surface area contributed by atoms with Crippen molar-refractivity contribution >= 4 is 22.5 Å². The Morgan fingerprint density at radius 2 is 1.91 bits per heavy atom. The lowest BCUT2D eigenvalue weighted by Gasteiger charge is -2.36. The quantitative estimate of drug-likeness (QED) is 0.615. The van der Waals surface area contributed by atoms with E-state index in [4.69, 9.17) is 0 Å². The number of carbonyl (C=O) groups excluding carboxylic acids is 1. The largest absolute Gasteiger partial charge is 0.365 e.